The predicted octanol–water partition coefficient (Wildman–Crippen LogP) is 1.75. The fraction of sp³-hybridized carbons (Fsp3) is 0.571. The molecule has 3 nitrogen and oxygen atoms in total. The summed E-state index contributed by atoms with van der Waals surface area (Å²) in [5, 5.41) is 0.286. The number of esters is 1. The molecule has 0 aliphatic carbocycles. The van der Waals surface area contributed by atoms with Crippen LogP contribution < -0.4 is 0 Å². The molecule has 0 bridgehead atoms. The second-order valence-electron chi connectivity index (χ2n) is 2.44. The molecule has 0 saturated heterocycles. The van der Waals surface area contributed by atoms with E-state index >= 15 is 0 Å². The zero-order valence-corrected chi connectivity index (χ0v) is 9.53. The summed E-state index contributed by atoms with van der Waals surface area (Å²) in [4.78, 5) is 13.1. The maximum Gasteiger partial charge on any atom is 0.356 e. The third-order valence-electron chi connectivity index (χ3n) is 1.74. The predicted molar refractivity (Wildman–Crippen MR) is 52.8 cm³/mol. The lowest BCUT2D eigenvalue weighted by atomic mass is 10.4. The van der Waals surface area contributed by atoms with Crippen molar-refractivity contribution in [3.05, 3.63) is 9.51 Å². The first-order valence-corrected chi connectivity index (χ1v) is 5.12. The molecule has 1 heterocycles. The molecule has 0 amide bonds. The number of likely N-dealkylation sites (N-methyl/N-ethyl adjacent to an activating group) is 1. The highest BCUT2D eigenvalue weighted by atomic mass is 79.9. The van der Waals surface area contributed by atoms with Crippen molar-refractivity contribution >= 4 is 33.7 Å². The van der Waals surface area contributed by atoms with Crippen molar-refractivity contribution in [2.75, 3.05) is 14.2 Å². The minimum atomic E-state index is -0.291. The highest BCUT2D eigenvalue weighted by Gasteiger charge is 2.30. The normalized spacial score (nSPS) is 23.3. The van der Waals surface area contributed by atoms with Gasteiger partial charge in [-0.1, -0.05) is 11.8 Å². The van der Waals surface area contributed by atoms with Crippen LogP contribution >= 0.6 is 27.7 Å². The summed E-state index contributed by atoms with van der Waals surface area (Å²) >= 11 is 4.93. The van der Waals surface area contributed by atoms with E-state index in [-0.39, 0.29) is 11.3 Å². The average Bonchev–Trinajstić information content (AvgIpc) is 2.26. The Hall–Kier alpha value is -0.160. The fourth-order valence-electron chi connectivity index (χ4n) is 0.926. The van der Waals surface area contributed by atoms with Crippen molar-refractivity contribution in [1.29, 1.82) is 0 Å². The van der Waals surface area contributed by atoms with Gasteiger partial charge in [0.25, 0.3) is 0 Å². The lowest BCUT2D eigenvalue weighted by molar-refractivity contribution is -0.137. The van der Waals surface area contributed by atoms with Gasteiger partial charge in [0.1, 0.15) is 5.70 Å². The molecule has 0 N–H and O–H groups in total. The smallest absolute Gasteiger partial charge is 0.356 e. The summed E-state index contributed by atoms with van der Waals surface area (Å²) in [6, 6.07) is 0. The van der Waals surface area contributed by atoms with Crippen LogP contribution in [0.15, 0.2) is 9.51 Å². The molecular weight excluding hydrogens is 242 g/mol. The number of hydrogen-bond acceptors (Lipinski definition) is 4. The summed E-state index contributed by atoms with van der Waals surface area (Å²) in [6.07, 6.45) is 0. The van der Waals surface area contributed by atoms with Gasteiger partial charge in [0.05, 0.1) is 16.3 Å². The summed E-state index contributed by atoms with van der Waals surface area (Å²) < 4.78 is 5.49. The molecule has 1 atom stereocenters. The van der Waals surface area contributed by atoms with Crippen LogP contribution in [0.1, 0.15) is 6.92 Å². The third kappa shape index (κ3) is 1.61. The molecule has 1 unspecified atom stereocenters. The summed E-state index contributed by atoms with van der Waals surface area (Å²) in [5.74, 6) is -0.291. The second-order valence-corrected chi connectivity index (χ2v) is 5.09. The van der Waals surface area contributed by atoms with Gasteiger partial charge in [-0.05, 0) is 22.9 Å². The van der Waals surface area contributed by atoms with Gasteiger partial charge in [0.15, 0.2) is 0 Å². The molecule has 5 heteroatoms. The molecule has 1 rings (SSSR count). The van der Waals surface area contributed by atoms with Gasteiger partial charge >= 0.3 is 5.97 Å². The Kier molecular flexibility index (Phi) is 3.06. The second kappa shape index (κ2) is 3.70. The average molecular weight is 252 g/mol. The first-order valence-electron chi connectivity index (χ1n) is 3.45. The van der Waals surface area contributed by atoms with E-state index in [0.717, 1.165) is 3.81 Å². The minimum absolute atomic E-state index is 0.286. The molecule has 0 aromatic heterocycles. The van der Waals surface area contributed by atoms with E-state index in [1.165, 1.54) is 7.11 Å². The van der Waals surface area contributed by atoms with Crippen LogP contribution in [0, 0.1) is 0 Å². The van der Waals surface area contributed by atoms with Gasteiger partial charge in [-0.25, -0.2) is 4.79 Å². The Morgan fingerprint density at radius 3 is 2.67 bits per heavy atom. The van der Waals surface area contributed by atoms with Gasteiger partial charge in [-0.3, -0.25) is 0 Å². The highest BCUT2D eigenvalue weighted by molar-refractivity contribution is 9.14. The molecule has 0 fully saturated rings. The zero-order valence-electron chi connectivity index (χ0n) is 7.13. The van der Waals surface area contributed by atoms with E-state index in [4.69, 9.17) is 0 Å². The Labute approximate surface area is 84.3 Å². The molecule has 0 saturated carbocycles. The van der Waals surface area contributed by atoms with Gasteiger partial charge < -0.3 is 9.64 Å². The van der Waals surface area contributed by atoms with Crippen LogP contribution in [0.25, 0.3) is 0 Å². The van der Waals surface area contributed by atoms with Crippen LogP contribution in [0.4, 0.5) is 0 Å². The van der Waals surface area contributed by atoms with E-state index in [9.17, 15) is 4.79 Å². The minimum Gasteiger partial charge on any atom is -0.464 e. The number of ether oxygens (including phenoxy) is 1. The van der Waals surface area contributed by atoms with Crippen LogP contribution in [0.3, 0.4) is 0 Å². The fourth-order valence-corrected chi connectivity index (χ4v) is 3.08. The van der Waals surface area contributed by atoms with Gasteiger partial charge in [-0.15, -0.1) is 0 Å². The number of nitrogens with zero attached hydrogens (tertiary/aromatic N) is 1. The molecule has 68 valence electrons. The van der Waals surface area contributed by atoms with E-state index in [2.05, 4.69) is 20.7 Å². The quantitative estimate of drug-likeness (QED) is 0.665. The molecule has 0 aromatic carbocycles. The number of thioether (sulfide) groups is 1. The molecule has 1 aliphatic rings. The van der Waals surface area contributed by atoms with Crippen LogP contribution in [0.2, 0.25) is 0 Å². The number of carbonyl (C=O) groups excluding carboxylic acids is 1. The molecule has 0 aromatic rings. The number of rotatable bonds is 1. The number of halogens is 1. The van der Waals surface area contributed by atoms with Crippen molar-refractivity contribution in [1.82, 2.24) is 4.90 Å². The van der Waals surface area contributed by atoms with Crippen molar-refractivity contribution in [3.8, 4) is 0 Å². The number of carbonyl (C=O) groups is 1. The van der Waals surface area contributed by atoms with Gasteiger partial charge in [-0.2, -0.15) is 0 Å². The Balaban J connectivity index is 2.87. The summed E-state index contributed by atoms with van der Waals surface area (Å²) in [7, 11) is 3.26. The topological polar surface area (TPSA) is 29.5 Å². The maximum atomic E-state index is 11.2. The van der Waals surface area contributed by atoms with E-state index in [0.29, 0.717) is 5.70 Å². The van der Waals surface area contributed by atoms with Crippen molar-refractivity contribution in [2.24, 2.45) is 0 Å². The number of methoxy groups -OCH3 is 1. The lowest BCUT2D eigenvalue weighted by Crippen LogP contribution is -2.26. The van der Waals surface area contributed by atoms with Crippen LogP contribution in [-0.2, 0) is 9.53 Å². The van der Waals surface area contributed by atoms with Gasteiger partial charge in [0.2, 0.25) is 0 Å². The number of hydrogen-bond donors (Lipinski definition) is 0. The largest absolute Gasteiger partial charge is 0.464 e. The van der Waals surface area contributed by atoms with Crippen molar-refractivity contribution < 1.29 is 9.53 Å². The maximum absolute atomic E-state index is 11.2. The van der Waals surface area contributed by atoms with E-state index < -0.39 is 0 Å². The monoisotopic (exact) mass is 251 g/mol. The first-order chi connectivity index (χ1) is 5.57. The first kappa shape index (κ1) is 9.92. The van der Waals surface area contributed by atoms with Crippen molar-refractivity contribution in [3.63, 3.8) is 0 Å². The summed E-state index contributed by atoms with van der Waals surface area (Å²) in [6.45, 7) is 2.03. The lowest BCUT2D eigenvalue weighted by Gasteiger charge is -2.18. The van der Waals surface area contributed by atoms with E-state index in [1.54, 1.807) is 11.8 Å². The Morgan fingerprint density at radius 1 is 1.75 bits per heavy atom. The summed E-state index contributed by atoms with van der Waals surface area (Å²) in [5.41, 5.74) is 0.606. The molecule has 1 aliphatic heterocycles. The van der Waals surface area contributed by atoms with Crippen LogP contribution in [-0.4, -0.2) is 30.4 Å². The Bertz CT molecular complexity index is 242. The SMILES string of the molecule is COC(=O)C1=C(Br)SC(C)N1C. The molecular formula is C7H10BrNO2S. The molecule has 12 heavy (non-hydrogen) atoms. The standard InChI is InChI=1S/C7H10BrNO2S/c1-4-9(2)5(6(8)12-4)7(10)11-3/h4H,1-3H3. The van der Waals surface area contributed by atoms with Crippen molar-refractivity contribution in [2.45, 2.75) is 12.3 Å². The van der Waals surface area contributed by atoms with Gasteiger partial charge in [0, 0.05) is 7.05 Å². The molecule has 0 radical (unpaired) electrons. The zero-order chi connectivity index (χ0) is 9.30. The van der Waals surface area contributed by atoms with E-state index in [1.807, 2.05) is 18.9 Å². The van der Waals surface area contributed by atoms with Crippen LogP contribution in [0.5, 0.6) is 0 Å². The third-order valence-corrected chi connectivity index (χ3v) is 3.73. The highest BCUT2D eigenvalue weighted by Crippen LogP contribution is 2.40. The molecule has 0 spiro atoms. The Morgan fingerprint density at radius 2 is 2.33 bits per heavy atom.